The third-order valence-corrected chi connectivity index (χ3v) is 5.55. The molecule has 3 aromatic heterocycles. The van der Waals surface area contributed by atoms with Crippen molar-refractivity contribution in [2.45, 2.75) is 45.4 Å². The Morgan fingerprint density at radius 2 is 2.32 bits per heavy atom. The summed E-state index contributed by atoms with van der Waals surface area (Å²) in [5, 5.41) is 9.06. The van der Waals surface area contributed by atoms with Crippen LogP contribution in [0.5, 0.6) is 0 Å². The summed E-state index contributed by atoms with van der Waals surface area (Å²) in [6.45, 7) is 7.20. The summed E-state index contributed by atoms with van der Waals surface area (Å²) >= 11 is 1.70. The highest BCUT2D eigenvalue weighted by Crippen LogP contribution is 2.39. The molecule has 7 nitrogen and oxygen atoms in total. The molecule has 25 heavy (non-hydrogen) atoms. The Kier molecular flexibility index (Phi) is 4.45. The Balaban J connectivity index is 1.65. The van der Waals surface area contributed by atoms with E-state index in [9.17, 15) is 0 Å². The first-order valence-corrected chi connectivity index (χ1v) is 9.37. The molecule has 3 aromatic rings. The van der Waals surface area contributed by atoms with Crippen LogP contribution in [0, 0.1) is 0 Å². The van der Waals surface area contributed by atoms with Gasteiger partial charge in [-0.1, -0.05) is 0 Å². The molecule has 0 unspecified atom stereocenters. The van der Waals surface area contributed by atoms with Crippen molar-refractivity contribution in [3.63, 3.8) is 0 Å². The first-order chi connectivity index (χ1) is 12.1. The minimum atomic E-state index is -0.153. The number of nitrogens with one attached hydrogen (secondary N) is 1. The third kappa shape index (κ3) is 3.27. The van der Waals surface area contributed by atoms with Crippen LogP contribution >= 0.6 is 11.3 Å². The predicted molar refractivity (Wildman–Crippen MR) is 96.9 cm³/mol. The number of rotatable bonds is 6. The van der Waals surface area contributed by atoms with Crippen molar-refractivity contribution in [2.24, 2.45) is 0 Å². The molecule has 8 heteroatoms. The smallest absolute Gasteiger partial charge is 0.168 e. The lowest BCUT2D eigenvalue weighted by molar-refractivity contribution is -0.0379. The highest BCUT2D eigenvalue weighted by Gasteiger charge is 2.30. The Bertz CT molecular complexity index is 901. The molecule has 1 aliphatic heterocycles. The second-order valence-corrected chi connectivity index (χ2v) is 8.06. The van der Waals surface area contributed by atoms with Crippen molar-refractivity contribution >= 4 is 27.2 Å². The summed E-state index contributed by atoms with van der Waals surface area (Å²) in [6, 6.07) is 0. The maximum Gasteiger partial charge on any atom is 0.168 e. The number of hydrogen-bond acceptors (Lipinski definition) is 7. The van der Waals surface area contributed by atoms with E-state index in [1.165, 1.54) is 10.4 Å². The summed E-state index contributed by atoms with van der Waals surface area (Å²) in [6.07, 6.45) is 3.61. The van der Waals surface area contributed by atoms with E-state index in [1.807, 2.05) is 0 Å². The second kappa shape index (κ2) is 6.60. The first-order valence-electron chi connectivity index (χ1n) is 8.55. The van der Waals surface area contributed by atoms with Gasteiger partial charge < -0.3 is 14.8 Å². The number of nitrogens with zero attached hydrogens (tertiary/aromatic N) is 4. The van der Waals surface area contributed by atoms with Crippen LogP contribution in [0.25, 0.3) is 15.9 Å². The van der Waals surface area contributed by atoms with Crippen LogP contribution in [0.2, 0.25) is 0 Å². The zero-order valence-corrected chi connectivity index (χ0v) is 15.7. The van der Waals surface area contributed by atoms with E-state index in [4.69, 9.17) is 14.5 Å². The lowest BCUT2D eigenvalue weighted by Gasteiger charge is -2.30. The SMILES string of the molecule is COCCCNCc1nc2c3c4c(sc3ncn2n1)COC(C)(C)C4. The van der Waals surface area contributed by atoms with Crippen LogP contribution < -0.4 is 5.32 Å². The minimum absolute atomic E-state index is 0.153. The number of thiophene rings is 1. The highest BCUT2D eigenvalue weighted by atomic mass is 32.1. The molecule has 0 fully saturated rings. The summed E-state index contributed by atoms with van der Waals surface area (Å²) in [7, 11) is 1.72. The van der Waals surface area contributed by atoms with E-state index in [0.29, 0.717) is 13.2 Å². The largest absolute Gasteiger partial charge is 0.385 e. The van der Waals surface area contributed by atoms with Gasteiger partial charge in [-0.05, 0) is 32.4 Å². The maximum absolute atomic E-state index is 5.94. The molecule has 0 spiro atoms. The summed E-state index contributed by atoms with van der Waals surface area (Å²) in [5.74, 6) is 0.790. The molecular weight excluding hydrogens is 338 g/mol. The van der Waals surface area contributed by atoms with Crippen molar-refractivity contribution < 1.29 is 9.47 Å². The molecule has 1 N–H and O–H groups in total. The molecular formula is C17H23N5O2S. The highest BCUT2D eigenvalue weighted by molar-refractivity contribution is 7.19. The summed E-state index contributed by atoms with van der Waals surface area (Å²) in [4.78, 5) is 11.6. The minimum Gasteiger partial charge on any atom is -0.385 e. The van der Waals surface area contributed by atoms with Crippen molar-refractivity contribution in [3.05, 3.63) is 22.6 Å². The molecule has 4 rings (SSSR count). The lowest BCUT2D eigenvalue weighted by Crippen LogP contribution is -2.31. The zero-order chi connectivity index (χ0) is 17.4. The number of hydrogen-bond donors (Lipinski definition) is 1. The zero-order valence-electron chi connectivity index (χ0n) is 14.8. The first kappa shape index (κ1) is 16.8. The number of aromatic nitrogens is 4. The Morgan fingerprint density at radius 3 is 3.16 bits per heavy atom. The fourth-order valence-corrected chi connectivity index (χ4v) is 4.27. The molecule has 0 radical (unpaired) electrons. The van der Waals surface area contributed by atoms with Crippen LogP contribution in [0.4, 0.5) is 0 Å². The average Bonchev–Trinajstić information content (AvgIpc) is 3.13. The van der Waals surface area contributed by atoms with Crippen molar-refractivity contribution in [1.82, 2.24) is 24.9 Å². The predicted octanol–water partition coefficient (Wildman–Crippen LogP) is 2.32. The van der Waals surface area contributed by atoms with Gasteiger partial charge in [0.05, 0.1) is 24.1 Å². The topological polar surface area (TPSA) is 73.6 Å². The van der Waals surface area contributed by atoms with Gasteiger partial charge in [0.1, 0.15) is 11.2 Å². The fraction of sp³-hybridized carbons (Fsp3) is 0.588. The molecule has 0 saturated heterocycles. The molecule has 0 atom stereocenters. The second-order valence-electron chi connectivity index (χ2n) is 6.97. The molecule has 0 saturated carbocycles. The Morgan fingerprint density at radius 1 is 1.44 bits per heavy atom. The molecule has 0 amide bonds. The van der Waals surface area contributed by atoms with Crippen LogP contribution in [0.15, 0.2) is 6.33 Å². The number of fused-ring (bicyclic) bond motifs is 5. The van der Waals surface area contributed by atoms with Gasteiger partial charge in [-0.2, -0.15) is 0 Å². The van der Waals surface area contributed by atoms with E-state index >= 15 is 0 Å². The van der Waals surface area contributed by atoms with Gasteiger partial charge >= 0.3 is 0 Å². The number of methoxy groups -OCH3 is 1. The van der Waals surface area contributed by atoms with E-state index in [-0.39, 0.29) is 5.60 Å². The van der Waals surface area contributed by atoms with Gasteiger partial charge in [0.15, 0.2) is 11.5 Å². The Hall–Kier alpha value is -1.61. The molecule has 0 bridgehead atoms. The van der Waals surface area contributed by atoms with Crippen LogP contribution in [0.1, 0.15) is 36.5 Å². The summed E-state index contributed by atoms with van der Waals surface area (Å²) in [5.41, 5.74) is 2.06. The molecule has 0 aromatic carbocycles. The van der Waals surface area contributed by atoms with Crippen LogP contribution in [0.3, 0.4) is 0 Å². The maximum atomic E-state index is 5.94. The van der Waals surface area contributed by atoms with Crippen molar-refractivity contribution in [1.29, 1.82) is 0 Å². The van der Waals surface area contributed by atoms with Gasteiger partial charge in [-0.15, -0.1) is 16.4 Å². The molecule has 134 valence electrons. The molecule has 0 aliphatic carbocycles. The van der Waals surface area contributed by atoms with Gasteiger partial charge in [-0.25, -0.2) is 14.5 Å². The van der Waals surface area contributed by atoms with E-state index in [0.717, 1.165) is 47.7 Å². The Labute approximate surface area is 150 Å². The third-order valence-electron chi connectivity index (χ3n) is 4.44. The van der Waals surface area contributed by atoms with Gasteiger partial charge in [0.2, 0.25) is 0 Å². The number of ether oxygens (including phenoxy) is 2. The van der Waals surface area contributed by atoms with Crippen LogP contribution in [-0.4, -0.2) is 45.4 Å². The standard InChI is InChI=1S/C17H23N5O2S/c1-17(2)7-11-12(9-24-17)25-16-14(11)15-20-13(21-22(15)10-19-16)8-18-5-4-6-23-3/h10,18H,4-9H2,1-3H3. The molecule has 1 aliphatic rings. The van der Waals surface area contributed by atoms with Gasteiger partial charge in [-0.3, -0.25) is 0 Å². The quantitative estimate of drug-likeness (QED) is 0.679. The monoisotopic (exact) mass is 361 g/mol. The molecule has 4 heterocycles. The van der Waals surface area contributed by atoms with E-state index < -0.39 is 0 Å². The average molecular weight is 361 g/mol. The van der Waals surface area contributed by atoms with Gasteiger partial charge in [0, 0.05) is 25.0 Å². The normalized spacial score (nSPS) is 16.6. The lowest BCUT2D eigenvalue weighted by atomic mass is 9.94. The van der Waals surface area contributed by atoms with E-state index in [1.54, 1.807) is 29.3 Å². The van der Waals surface area contributed by atoms with Crippen molar-refractivity contribution in [3.8, 4) is 0 Å². The fourth-order valence-electron chi connectivity index (χ4n) is 3.20. The summed E-state index contributed by atoms with van der Waals surface area (Å²) < 4.78 is 12.8. The van der Waals surface area contributed by atoms with Crippen LogP contribution in [-0.2, 0) is 29.0 Å². The van der Waals surface area contributed by atoms with Gasteiger partial charge in [0.25, 0.3) is 0 Å². The van der Waals surface area contributed by atoms with E-state index in [2.05, 4.69) is 29.2 Å². The van der Waals surface area contributed by atoms with Crippen molar-refractivity contribution in [2.75, 3.05) is 20.3 Å².